The molecule has 2 unspecified atom stereocenters. The highest BCUT2D eigenvalue weighted by Crippen LogP contribution is 2.43. The first-order chi connectivity index (χ1) is 9.45. The summed E-state index contributed by atoms with van der Waals surface area (Å²) in [6, 6.07) is 3.99. The molecule has 0 heterocycles. The molecule has 1 nitrogen and oxygen atoms in total. The Morgan fingerprint density at radius 1 is 1.10 bits per heavy atom. The molecule has 2 fully saturated rings. The van der Waals surface area contributed by atoms with Crippen LogP contribution in [0.3, 0.4) is 0 Å². The van der Waals surface area contributed by atoms with Gasteiger partial charge in [-0.3, -0.25) is 0 Å². The summed E-state index contributed by atoms with van der Waals surface area (Å²) in [7, 11) is 0. The zero-order valence-corrected chi connectivity index (χ0v) is 11.0. The van der Waals surface area contributed by atoms with Crippen molar-refractivity contribution < 1.29 is 17.6 Å². The van der Waals surface area contributed by atoms with Gasteiger partial charge in [0, 0.05) is 6.04 Å². The lowest BCUT2D eigenvalue weighted by atomic mass is 9.70. The Hall–Kier alpha value is -1.10. The molecular weight excluding hydrogens is 270 g/mol. The van der Waals surface area contributed by atoms with Crippen LogP contribution < -0.4 is 5.32 Å². The average Bonchev–Trinajstić information content (AvgIpc) is 3.10. The van der Waals surface area contributed by atoms with Crippen LogP contribution in [0.25, 0.3) is 0 Å². The van der Waals surface area contributed by atoms with Gasteiger partial charge >= 0.3 is 6.18 Å². The summed E-state index contributed by atoms with van der Waals surface area (Å²) in [5, 5.41) is 3.43. The van der Waals surface area contributed by atoms with Crippen molar-refractivity contribution in [3.63, 3.8) is 0 Å². The summed E-state index contributed by atoms with van der Waals surface area (Å²) in [4.78, 5) is 0. The molecule has 0 spiro atoms. The first-order valence-electron chi connectivity index (χ1n) is 7.05. The number of benzene rings is 1. The highest BCUT2D eigenvalue weighted by Gasteiger charge is 2.37. The van der Waals surface area contributed by atoms with Gasteiger partial charge in [0.15, 0.2) is 0 Å². The summed E-state index contributed by atoms with van der Waals surface area (Å²) >= 11 is 0. The fraction of sp³-hybridized carbons (Fsp3) is 0.600. The molecule has 0 aromatic heterocycles. The van der Waals surface area contributed by atoms with E-state index >= 15 is 0 Å². The van der Waals surface area contributed by atoms with Gasteiger partial charge in [-0.15, -0.1) is 0 Å². The molecule has 1 aromatic carbocycles. The van der Waals surface area contributed by atoms with Crippen molar-refractivity contribution in [2.45, 2.75) is 43.8 Å². The predicted molar refractivity (Wildman–Crippen MR) is 67.9 cm³/mol. The lowest BCUT2D eigenvalue weighted by molar-refractivity contribution is -0.140. The molecule has 2 atom stereocenters. The van der Waals surface area contributed by atoms with Crippen molar-refractivity contribution >= 4 is 0 Å². The second-order valence-electron chi connectivity index (χ2n) is 5.86. The number of rotatable bonds is 4. The van der Waals surface area contributed by atoms with Crippen LogP contribution in [0.5, 0.6) is 0 Å². The molecule has 1 N–H and O–H groups in total. The first-order valence-corrected chi connectivity index (χ1v) is 7.05. The summed E-state index contributed by atoms with van der Waals surface area (Å²) < 4.78 is 51.1. The van der Waals surface area contributed by atoms with Gasteiger partial charge in [-0.1, -0.05) is 6.07 Å². The Morgan fingerprint density at radius 3 is 2.35 bits per heavy atom. The average molecular weight is 287 g/mol. The molecule has 5 heteroatoms. The molecule has 2 aliphatic rings. The van der Waals surface area contributed by atoms with E-state index in [0.717, 1.165) is 31.5 Å². The third-order valence-electron chi connectivity index (χ3n) is 4.39. The normalized spacial score (nSPS) is 26.4. The van der Waals surface area contributed by atoms with Gasteiger partial charge in [0.05, 0.1) is 5.56 Å². The van der Waals surface area contributed by atoms with Crippen LogP contribution in [0.2, 0.25) is 0 Å². The Labute approximate surface area is 115 Å². The molecule has 110 valence electrons. The van der Waals surface area contributed by atoms with Gasteiger partial charge in [0.1, 0.15) is 5.82 Å². The summed E-state index contributed by atoms with van der Waals surface area (Å²) in [5.74, 6) is -0.541. The molecule has 2 aliphatic carbocycles. The highest BCUT2D eigenvalue weighted by atomic mass is 19.4. The molecule has 0 radical (unpaired) electrons. The number of nitrogens with one attached hydrogen (secondary N) is 1. The second kappa shape index (κ2) is 5.02. The minimum absolute atomic E-state index is 0.193. The largest absolute Gasteiger partial charge is 0.419 e. The van der Waals surface area contributed by atoms with Gasteiger partial charge in [0.2, 0.25) is 0 Å². The standard InChI is InChI=1S/C15H17F4N/c16-14-7-9(2-6-13(14)15(17,18)19)12-5-1-10(12)8-20-11-3-4-11/h2,6-7,10-12,20H,1,3-5,8H2. The maximum Gasteiger partial charge on any atom is 0.419 e. The van der Waals surface area contributed by atoms with E-state index in [2.05, 4.69) is 5.32 Å². The molecule has 3 rings (SSSR count). The monoisotopic (exact) mass is 287 g/mol. The molecule has 2 saturated carbocycles. The number of hydrogen-bond acceptors (Lipinski definition) is 1. The minimum Gasteiger partial charge on any atom is -0.314 e. The topological polar surface area (TPSA) is 12.0 Å². The van der Waals surface area contributed by atoms with Crippen LogP contribution >= 0.6 is 0 Å². The van der Waals surface area contributed by atoms with E-state index in [1.165, 1.54) is 18.9 Å². The van der Waals surface area contributed by atoms with Crippen molar-refractivity contribution in [1.82, 2.24) is 5.32 Å². The zero-order chi connectivity index (χ0) is 14.3. The maximum absolute atomic E-state index is 13.6. The van der Waals surface area contributed by atoms with Crippen LogP contribution in [-0.4, -0.2) is 12.6 Å². The van der Waals surface area contributed by atoms with Crippen LogP contribution in [0.15, 0.2) is 18.2 Å². The third-order valence-corrected chi connectivity index (χ3v) is 4.39. The fourth-order valence-electron chi connectivity index (χ4n) is 2.85. The zero-order valence-electron chi connectivity index (χ0n) is 11.0. The summed E-state index contributed by atoms with van der Waals surface area (Å²) in [6.45, 7) is 0.887. The van der Waals surface area contributed by atoms with Gasteiger partial charge in [-0.2, -0.15) is 13.2 Å². The van der Waals surface area contributed by atoms with Gasteiger partial charge in [-0.25, -0.2) is 4.39 Å². The van der Waals surface area contributed by atoms with Crippen molar-refractivity contribution in [2.75, 3.05) is 6.54 Å². The lowest BCUT2D eigenvalue weighted by Crippen LogP contribution is -2.34. The van der Waals surface area contributed by atoms with E-state index in [1.807, 2.05) is 0 Å². The predicted octanol–water partition coefficient (Wildman–Crippen LogP) is 4.09. The smallest absolute Gasteiger partial charge is 0.314 e. The van der Waals surface area contributed by atoms with Crippen molar-refractivity contribution in [3.05, 3.63) is 35.1 Å². The van der Waals surface area contributed by atoms with Gasteiger partial charge in [0.25, 0.3) is 0 Å². The van der Waals surface area contributed by atoms with Crippen LogP contribution in [-0.2, 0) is 6.18 Å². The van der Waals surface area contributed by atoms with Crippen molar-refractivity contribution in [2.24, 2.45) is 5.92 Å². The van der Waals surface area contributed by atoms with E-state index in [0.29, 0.717) is 17.5 Å². The Morgan fingerprint density at radius 2 is 1.85 bits per heavy atom. The summed E-state index contributed by atoms with van der Waals surface area (Å²) in [6.07, 6.45) is -0.192. The molecule has 0 saturated heterocycles. The SMILES string of the molecule is Fc1cc(C2CCC2CNC2CC2)ccc1C(F)(F)F. The van der Waals surface area contributed by atoms with Crippen LogP contribution in [0.1, 0.15) is 42.7 Å². The Kier molecular flexibility index (Phi) is 3.48. The minimum atomic E-state index is -4.62. The van der Waals surface area contributed by atoms with E-state index < -0.39 is 17.6 Å². The Bertz CT molecular complexity index is 493. The quantitative estimate of drug-likeness (QED) is 0.822. The van der Waals surface area contributed by atoms with Crippen LogP contribution in [0, 0.1) is 11.7 Å². The molecule has 0 amide bonds. The van der Waals surface area contributed by atoms with E-state index in [4.69, 9.17) is 0 Å². The number of alkyl halides is 3. The fourth-order valence-corrected chi connectivity index (χ4v) is 2.85. The molecule has 0 bridgehead atoms. The number of hydrogen-bond donors (Lipinski definition) is 1. The molecule has 0 aliphatic heterocycles. The van der Waals surface area contributed by atoms with Crippen molar-refractivity contribution in [3.8, 4) is 0 Å². The van der Waals surface area contributed by atoms with Crippen molar-refractivity contribution in [1.29, 1.82) is 0 Å². The number of halogens is 4. The summed E-state index contributed by atoms with van der Waals surface area (Å²) in [5.41, 5.74) is -0.474. The molecule has 20 heavy (non-hydrogen) atoms. The van der Waals surface area contributed by atoms with E-state index in [9.17, 15) is 17.6 Å². The van der Waals surface area contributed by atoms with Gasteiger partial charge in [-0.05, 0) is 61.8 Å². The van der Waals surface area contributed by atoms with E-state index in [1.54, 1.807) is 0 Å². The van der Waals surface area contributed by atoms with Gasteiger partial charge < -0.3 is 5.32 Å². The second-order valence-corrected chi connectivity index (χ2v) is 5.86. The Balaban J connectivity index is 1.69. The highest BCUT2D eigenvalue weighted by molar-refractivity contribution is 5.30. The molecular formula is C15H17F4N. The first kappa shape index (κ1) is 13.9. The lowest BCUT2D eigenvalue weighted by Gasteiger charge is -2.37. The third kappa shape index (κ3) is 2.82. The van der Waals surface area contributed by atoms with Crippen LogP contribution in [0.4, 0.5) is 17.6 Å². The van der Waals surface area contributed by atoms with E-state index in [-0.39, 0.29) is 5.92 Å². The maximum atomic E-state index is 13.6. The molecule has 1 aromatic rings.